The van der Waals surface area contributed by atoms with Crippen molar-refractivity contribution in [1.29, 1.82) is 0 Å². The molecule has 43 heavy (non-hydrogen) atoms. The molecule has 8 atom stereocenters. The highest BCUT2D eigenvalue weighted by Crippen LogP contribution is 2.47. The molecule has 0 spiro atoms. The summed E-state index contributed by atoms with van der Waals surface area (Å²) < 4.78 is 5.83. The Morgan fingerprint density at radius 3 is 2.37 bits per heavy atom. The maximum Gasteiger partial charge on any atom is 0.240 e. The summed E-state index contributed by atoms with van der Waals surface area (Å²) in [6.45, 7) is 12.6. The molecule has 9 heteroatoms. The van der Waals surface area contributed by atoms with Crippen LogP contribution in [0.4, 0.5) is 0 Å². The van der Waals surface area contributed by atoms with Gasteiger partial charge in [0.1, 0.15) is 30.5 Å². The lowest BCUT2D eigenvalue weighted by molar-refractivity contribution is -0.182. The third-order valence-corrected chi connectivity index (χ3v) is 10.4. The molecule has 4 rings (SSSR count). The number of nitrogens with zero attached hydrogens (tertiary/aromatic N) is 1. The Bertz CT molecular complexity index is 1300. The molecule has 2 aromatic carbocycles. The standard InChI is InChI=1S/C34H46N2O7/c1-19-11-28(20(2)21(3)34(19,5)6)35-33(41)31-30(22(4)40)29(18-39)43-36(31)15-25-9-8-10-27(32(25)42-7)26-13-23(16-37)12-24(14-26)17-38/h8-10,12-14,16-17,19-22,28-31,39-40H,11,15,18H2,1-7H3,(H,35,41)/t19-,20+,21+,22+,28+,29+,30-,31+/m1/s1. The first-order valence-corrected chi connectivity index (χ1v) is 15.1. The number of carbonyl (C=O) groups is 3. The van der Waals surface area contributed by atoms with E-state index in [1.54, 1.807) is 19.1 Å². The van der Waals surface area contributed by atoms with Crippen molar-refractivity contribution in [1.82, 2.24) is 10.4 Å². The van der Waals surface area contributed by atoms with Crippen LogP contribution in [0, 0.1) is 29.1 Å². The number of hydroxylamine groups is 2. The number of aliphatic hydroxyl groups excluding tert-OH is 2. The highest BCUT2D eigenvalue weighted by atomic mass is 16.7. The van der Waals surface area contributed by atoms with Crippen LogP contribution in [0.2, 0.25) is 0 Å². The van der Waals surface area contributed by atoms with Crippen LogP contribution in [0.3, 0.4) is 0 Å². The summed E-state index contributed by atoms with van der Waals surface area (Å²) in [5.41, 5.74) is 2.86. The van der Waals surface area contributed by atoms with E-state index in [0.29, 0.717) is 58.0 Å². The molecule has 1 aliphatic heterocycles. The van der Waals surface area contributed by atoms with Gasteiger partial charge in [0.25, 0.3) is 0 Å². The Balaban J connectivity index is 1.68. The highest BCUT2D eigenvalue weighted by molar-refractivity contribution is 5.87. The van der Waals surface area contributed by atoms with Gasteiger partial charge in [0.05, 0.1) is 26.4 Å². The first kappa shape index (κ1) is 32.8. The minimum absolute atomic E-state index is 0.0369. The molecule has 1 aliphatic carbocycles. The number of para-hydroxylation sites is 1. The van der Waals surface area contributed by atoms with Gasteiger partial charge in [0.15, 0.2) is 0 Å². The fraction of sp³-hybridized carbons (Fsp3) is 0.559. The summed E-state index contributed by atoms with van der Waals surface area (Å²) in [5.74, 6) is 0.629. The zero-order valence-electron chi connectivity index (χ0n) is 26.2. The second-order valence-corrected chi connectivity index (χ2v) is 13.0. The van der Waals surface area contributed by atoms with E-state index in [1.807, 2.05) is 18.2 Å². The van der Waals surface area contributed by atoms with Gasteiger partial charge in [-0.05, 0) is 60.3 Å². The predicted octanol–water partition coefficient (Wildman–Crippen LogP) is 4.28. The average molecular weight is 595 g/mol. The van der Waals surface area contributed by atoms with Crippen LogP contribution in [-0.4, -0.2) is 71.8 Å². The number of hydrogen-bond acceptors (Lipinski definition) is 8. The minimum Gasteiger partial charge on any atom is -0.496 e. The van der Waals surface area contributed by atoms with Crippen LogP contribution in [0.25, 0.3) is 11.1 Å². The first-order valence-electron chi connectivity index (χ1n) is 15.1. The molecule has 0 aromatic heterocycles. The summed E-state index contributed by atoms with van der Waals surface area (Å²) in [6, 6.07) is 9.50. The van der Waals surface area contributed by atoms with Gasteiger partial charge in [-0.3, -0.25) is 19.2 Å². The molecule has 1 saturated carbocycles. The van der Waals surface area contributed by atoms with Crippen molar-refractivity contribution in [3.8, 4) is 16.9 Å². The molecule has 2 fully saturated rings. The number of hydrogen-bond donors (Lipinski definition) is 3. The number of rotatable bonds is 10. The van der Waals surface area contributed by atoms with Crippen molar-refractivity contribution in [3.63, 3.8) is 0 Å². The first-order chi connectivity index (χ1) is 20.4. The number of aliphatic hydroxyl groups is 2. The van der Waals surface area contributed by atoms with Crippen LogP contribution in [0.5, 0.6) is 5.75 Å². The van der Waals surface area contributed by atoms with Crippen LogP contribution in [0.1, 0.15) is 74.2 Å². The number of benzene rings is 2. The Kier molecular flexibility index (Phi) is 10.1. The highest BCUT2D eigenvalue weighted by Gasteiger charge is 2.51. The molecule has 1 saturated heterocycles. The van der Waals surface area contributed by atoms with Crippen LogP contribution >= 0.6 is 0 Å². The van der Waals surface area contributed by atoms with E-state index in [2.05, 4.69) is 39.9 Å². The summed E-state index contributed by atoms with van der Waals surface area (Å²) in [4.78, 5) is 43.3. The summed E-state index contributed by atoms with van der Waals surface area (Å²) in [6.07, 6.45) is 0.535. The fourth-order valence-corrected chi connectivity index (χ4v) is 7.02. The lowest BCUT2D eigenvalue weighted by Crippen LogP contribution is -2.56. The molecule has 2 aromatic rings. The van der Waals surface area contributed by atoms with E-state index in [1.165, 1.54) is 18.2 Å². The lowest BCUT2D eigenvalue weighted by Gasteiger charge is -2.50. The van der Waals surface area contributed by atoms with Gasteiger partial charge in [0.2, 0.25) is 5.91 Å². The normalized spacial score (nSPS) is 29.6. The van der Waals surface area contributed by atoms with Crippen molar-refractivity contribution in [2.24, 2.45) is 29.1 Å². The second-order valence-electron chi connectivity index (χ2n) is 13.0. The van der Waals surface area contributed by atoms with Crippen molar-refractivity contribution in [2.45, 2.75) is 78.8 Å². The average Bonchev–Trinajstić information content (AvgIpc) is 3.37. The van der Waals surface area contributed by atoms with Crippen LogP contribution in [-0.2, 0) is 16.2 Å². The van der Waals surface area contributed by atoms with Crippen LogP contribution in [0.15, 0.2) is 36.4 Å². The van der Waals surface area contributed by atoms with Gasteiger partial charge < -0.3 is 20.3 Å². The number of ether oxygens (including phenoxy) is 1. The van der Waals surface area contributed by atoms with Gasteiger partial charge in [0, 0.05) is 34.2 Å². The maximum atomic E-state index is 14.1. The van der Waals surface area contributed by atoms with Crippen molar-refractivity contribution in [2.75, 3.05) is 13.7 Å². The quantitative estimate of drug-likeness (QED) is 0.348. The number of aldehydes is 2. The van der Waals surface area contributed by atoms with Gasteiger partial charge in [-0.25, -0.2) is 0 Å². The van der Waals surface area contributed by atoms with E-state index in [-0.39, 0.29) is 36.4 Å². The smallest absolute Gasteiger partial charge is 0.240 e. The zero-order valence-corrected chi connectivity index (χ0v) is 26.2. The third kappa shape index (κ3) is 6.41. The molecular formula is C34H46N2O7. The molecular weight excluding hydrogens is 548 g/mol. The van der Waals surface area contributed by atoms with E-state index < -0.39 is 24.2 Å². The fourth-order valence-electron chi connectivity index (χ4n) is 7.02. The monoisotopic (exact) mass is 594 g/mol. The van der Waals surface area contributed by atoms with E-state index >= 15 is 0 Å². The molecule has 234 valence electrons. The number of carbonyl (C=O) groups excluding carboxylic acids is 3. The summed E-state index contributed by atoms with van der Waals surface area (Å²) in [5, 5.41) is 25.8. The lowest BCUT2D eigenvalue weighted by atomic mass is 9.58. The zero-order chi connectivity index (χ0) is 31.6. The number of methoxy groups -OCH3 is 1. The Morgan fingerprint density at radius 1 is 1.16 bits per heavy atom. The van der Waals surface area contributed by atoms with Crippen molar-refractivity contribution in [3.05, 3.63) is 53.1 Å². The predicted molar refractivity (Wildman–Crippen MR) is 163 cm³/mol. The molecule has 0 unspecified atom stereocenters. The maximum absolute atomic E-state index is 14.1. The van der Waals surface area contributed by atoms with E-state index in [9.17, 15) is 24.6 Å². The van der Waals surface area contributed by atoms with Crippen molar-refractivity contribution < 1.29 is 34.2 Å². The number of nitrogens with one attached hydrogen (secondary N) is 1. The SMILES string of the molecule is COc1c(CN2O[C@@H](CO)[C@@H]([C@H](C)O)[C@H]2C(=O)N[C@H]2C[C@@H](C)C(C)(C)[C@@H](C)[C@@H]2C)cccc1-c1cc(C=O)cc(C=O)c1. The minimum atomic E-state index is -0.917. The van der Waals surface area contributed by atoms with E-state index in [4.69, 9.17) is 9.57 Å². The second kappa shape index (κ2) is 13.3. The molecule has 0 bridgehead atoms. The van der Waals surface area contributed by atoms with Gasteiger partial charge in [-0.15, -0.1) is 0 Å². The Hall–Kier alpha value is -3.11. The van der Waals surface area contributed by atoms with Crippen LogP contribution < -0.4 is 10.1 Å². The van der Waals surface area contributed by atoms with Gasteiger partial charge in [-0.1, -0.05) is 52.8 Å². The van der Waals surface area contributed by atoms with Crippen molar-refractivity contribution >= 4 is 18.5 Å². The van der Waals surface area contributed by atoms with E-state index in [0.717, 1.165) is 6.42 Å². The number of amides is 1. The Morgan fingerprint density at radius 2 is 1.81 bits per heavy atom. The topological polar surface area (TPSA) is 125 Å². The summed E-state index contributed by atoms with van der Waals surface area (Å²) in [7, 11) is 1.53. The molecule has 2 aliphatic rings. The Labute approximate surface area is 254 Å². The van der Waals surface area contributed by atoms with Gasteiger partial charge in [-0.2, -0.15) is 5.06 Å². The largest absolute Gasteiger partial charge is 0.496 e. The molecule has 1 heterocycles. The molecule has 0 radical (unpaired) electrons. The van der Waals surface area contributed by atoms with Gasteiger partial charge >= 0.3 is 0 Å². The summed E-state index contributed by atoms with van der Waals surface area (Å²) >= 11 is 0. The molecule has 3 N–H and O–H groups in total. The molecule has 1 amide bonds. The third-order valence-electron chi connectivity index (χ3n) is 10.4. The molecule has 9 nitrogen and oxygen atoms in total.